The van der Waals surface area contributed by atoms with Crippen LogP contribution in [0.2, 0.25) is 0 Å². The average molecular weight is 245 g/mol. The molecule has 1 atom stereocenters. The smallest absolute Gasteiger partial charge is 0.249 e. The third-order valence-corrected chi connectivity index (χ3v) is 2.54. The average Bonchev–Trinajstić information content (AvgIpc) is 2.78. The predicted molar refractivity (Wildman–Crippen MR) is 66.7 cm³/mol. The lowest BCUT2D eigenvalue weighted by Crippen LogP contribution is -2.23. The zero-order chi connectivity index (χ0) is 13.1. The lowest BCUT2D eigenvalue weighted by molar-refractivity contribution is -0.119. The first-order chi connectivity index (χ1) is 8.56. The Morgan fingerprint density at radius 2 is 2.00 bits per heavy atom. The molecule has 5 heteroatoms. The number of carbonyl (C=O) groups is 1. The Morgan fingerprint density at radius 3 is 2.61 bits per heavy atom. The van der Waals surface area contributed by atoms with Gasteiger partial charge in [-0.2, -0.15) is 4.98 Å². The minimum Gasteiger partial charge on any atom is -0.345 e. The standard InChI is InChI=1S/C13H15N3O2/c1-8-4-6-11(7-5-8)12-15-13(18-16-12)9(2)14-10(3)17/h4-7,9H,1-3H3,(H,14,17). The predicted octanol–water partition coefficient (Wildman–Crippen LogP) is 2.24. The van der Waals surface area contributed by atoms with Gasteiger partial charge in [0.1, 0.15) is 6.04 Å². The quantitative estimate of drug-likeness (QED) is 0.900. The molecule has 18 heavy (non-hydrogen) atoms. The van der Waals surface area contributed by atoms with Crippen molar-refractivity contribution in [3.8, 4) is 11.4 Å². The van der Waals surface area contributed by atoms with E-state index in [1.807, 2.05) is 31.2 Å². The van der Waals surface area contributed by atoms with E-state index >= 15 is 0 Å². The fourth-order valence-corrected chi connectivity index (χ4v) is 1.60. The minimum absolute atomic E-state index is 0.127. The molecule has 0 aliphatic rings. The van der Waals surface area contributed by atoms with Crippen LogP contribution >= 0.6 is 0 Å². The van der Waals surface area contributed by atoms with E-state index in [1.54, 1.807) is 6.92 Å². The van der Waals surface area contributed by atoms with Gasteiger partial charge in [0, 0.05) is 12.5 Å². The molecule has 1 unspecified atom stereocenters. The number of aryl methyl sites for hydroxylation is 1. The van der Waals surface area contributed by atoms with E-state index in [4.69, 9.17) is 4.52 Å². The summed E-state index contributed by atoms with van der Waals surface area (Å²) in [5.74, 6) is 0.806. The molecule has 1 aromatic carbocycles. The number of aromatic nitrogens is 2. The Kier molecular flexibility index (Phi) is 3.41. The van der Waals surface area contributed by atoms with Gasteiger partial charge in [-0.05, 0) is 13.8 Å². The fraction of sp³-hybridized carbons (Fsp3) is 0.308. The summed E-state index contributed by atoms with van der Waals surface area (Å²) < 4.78 is 5.14. The summed E-state index contributed by atoms with van der Waals surface area (Å²) in [4.78, 5) is 15.2. The van der Waals surface area contributed by atoms with Gasteiger partial charge < -0.3 is 9.84 Å². The van der Waals surface area contributed by atoms with E-state index in [2.05, 4.69) is 15.5 Å². The molecular weight excluding hydrogens is 230 g/mol. The van der Waals surface area contributed by atoms with Crippen LogP contribution in [0.5, 0.6) is 0 Å². The molecule has 1 amide bonds. The van der Waals surface area contributed by atoms with Gasteiger partial charge in [-0.3, -0.25) is 4.79 Å². The number of hydrogen-bond acceptors (Lipinski definition) is 4. The molecule has 0 spiro atoms. The number of benzene rings is 1. The summed E-state index contributed by atoms with van der Waals surface area (Å²) in [5, 5.41) is 6.60. The lowest BCUT2D eigenvalue weighted by Gasteiger charge is -2.05. The summed E-state index contributed by atoms with van der Waals surface area (Å²) in [6.07, 6.45) is 0. The Balaban J connectivity index is 2.19. The Bertz CT molecular complexity index is 546. The van der Waals surface area contributed by atoms with E-state index in [0.717, 1.165) is 5.56 Å². The van der Waals surface area contributed by atoms with Gasteiger partial charge in [-0.1, -0.05) is 35.0 Å². The molecule has 2 aromatic rings. The summed E-state index contributed by atoms with van der Waals surface area (Å²) in [6.45, 7) is 5.27. The van der Waals surface area contributed by atoms with Crippen LogP contribution in [0.3, 0.4) is 0 Å². The number of rotatable bonds is 3. The zero-order valence-electron chi connectivity index (χ0n) is 10.6. The van der Waals surface area contributed by atoms with Crippen molar-refractivity contribution in [1.29, 1.82) is 0 Å². The van der Waals surface area contributed by atoms with Crippen molar-refractivity contribution in [2.24, 2.45) is 0 Å². The highest BCUT2D eigenvalue weighted by Gasteiger charge is 2.15. The Labute approximate surface area is 105 Å². The van der Waals surface area contributed by atoms with Gasteiger partial charge in [0.2, 0.25) is 17.6 Å². The van der Waals surface area contributed by atoms with Gasteiger partial charge in [0.25, 0.3) is 0 Å². The maximum absolute atomic E-state index is 10.9. The number of nitrogens with zero attached hydrogens (tertiary/aromatic N) is 2. The number of hydrogen-bond donors (Lipinski definition) is 1. The van der Waals surface area contributed by atoms with Crippen LogP contribution in [0.4, 0.5) is 0 Å². The molecule has 0 saturated heterocycles. The van der Waals surface area contributed by atoms with Crippen LogP contribution in [0.25, 0.3) is 11.4 Å². The van der Waals surface area contributed by atoms with Gasteiger partial charge in [0.15, 0.2) is 0 Å². The summed E-state index contributed by atoms with van der Waals surface area (Å²) in [7, 11) is 0. The van der Waals surface area contributed by atoms with E-state index in [0.29, 0.717) is 11.7 Å². The SMILES string of the molecule is CC(=O)NC(C)c1nc(-c2ccc(C)cc2)no1. The van der Waals surface area contributed by atoms with Crippen molar-refractivity contribution < 1.29 is 9.32 Å². The van der Waals surface area contributed by atoms with Crippen LogP contribution in [0, 0.1) is 6.92 Å². The van der Waals surface area contributed by atoms with Crippen molar-refractivity contribution in [3.63, 3.8) is 0 Å². The molecule has 0 saturated carbocycles. The van der Waals surface area contributed by atoms with E-state index in [9.17, 15) is 4.79 Å². The summed E-state index contributed by atoms with van der Waals surface area (Å²) in [5.41, 5.74) is 2.07. The molecule has 5 nitrogen and oxygen atoms in total. The first-order valence-corrected chi connectivity index (χ1v) is 5.74. The van der Waals surface area contributed by atoms with Crippen LogP contribution in [-0.2, 0) is 4.79 Å². The first-order valence-electron chi connectivity index (χ1n) is 5.74. The van der Waals surface area contributed by atoms with E-state index in [-0.39, 0.29) is 11.9 Å². The first kappa shape index (κ1) is 12.3. The molecule has 0 aliphatic heterocycles. The summed E-state index contributed by atoms with van der Waals surface area (Å²) in [6, 6.07) is 7.57. The molecule has 2 rings (SSSR count). The monoisotopic (exact) mass is 245 g/mol. The number of amides is 1. The second-order valence-electron chi connectivity index (χ2n) is 4.24. The highest BCUT2D eigenvalue weighted by Crippen LogP contribution is 2.18. The van der Waals surface area contributed by atoms with Crippen molar-refractivity contribution in [2.75, 3.05) is 0 Å². The fourth-order valence-electron chi connectivity index (χ4n) is 1.60. The molecule has 94 valence electrons. The number of nitrogens with one attached hydrogen (secondary N) is 1. The van der Waals surface area contributed by atoms with Crippen molar-refractivity contribution in [3.05, 3.63) is 35.7 Å². The third-order valence-electron chi connectivity index (χ3n) is 2.54. The van der Waals surface area contributed by atoms with Crippen molar-refractivity contribution in [1.82, 2.24) is 15.5 Å². The molecule has 1 heterocycles. The molecule has 1 N–H and O–H groups in total. The number of carbonyl (C=O) groups excluding carboxylic acids is 1. The van der Waals surface area contributed by atoms with Crippen molar-refractivity contribution in [2.45, 2.75) is 26.8 Å². The minimum atomic E-state index is -0.283. The zero-order valence-corrected chi connectivity index (χ0v) is 10.6. The van der Waals surface area contributed by atoms with E-state index in [1.165, 1.54) is 12.5 Å². The molecular formula is C13H15N3O2. The van der Waals surface area contributed by atoms with Crippen molar-refractivity contribution >= 4 is 5.91 Å². The Morgan fingerprint density at radius 1 is 1.33 bits per heavy atom. The Hall–Kier alpha value is -2.17. The maximum atomic E-state index is 10.9. The largest absolute Gasteiger partial charge is 0.345 e. The highest BCUT2D eigenvalue weighted by molar-refractivity contribution is 5.73. The van der Waals surface area contributed by atoms with Gasteiger partial charge in [-0.15, -0.1) is 0 Å². The van der Waals surface area contributed by atoms with Gasteiger partial charge in [-0.25, -0.2) is 0 Å². The van der Waals surface area contributed by atoms with Crippen LogP contribution in [0.15, 0.2) is 28.8 Å². The van der Waals surface area contributed by atoms with Crippen LogP contribution in [0.1, 0.15) is 31.3 Å². The van der Waals surface area contributed by atoms with E-state index < -0.39 is 0 Å². The molecule has 0 bridgehead atoms. The third kappa shape index (κ3) is 2.74. The topological polar surface area (TPSA) is 68.0 Å². The highest BCUT2D eigenvalue weighted by atomic mass is 16.5. The second kappa shape index (κ2) is 5.00. The van der Waals surface area contributed by atoms with Gasteiger partial charge in [0.05, 0.1) is 0 Å². The molecule has 1 aromatic heterocycles. The maximum Gasteiger partial charge on any atom is 0.249 e. The lowest BCUT2D eigenvalue weighted by atomic mass is 10.1. The van der Waals surface area contributed by atoms with Crippen LogP contribution in [-0.4, -0.2) is 16.0 Å². The van der Waals surface area contributed by atoms with Crippen LogP contribution < -0.4 is 5.32 Å². The second-order valence-corrected chi connectivity index (χ2v) is 4.24. The molecule has 0 fully saturated rings. The van der Waals surface area contributed by atoms with Gasteiger partial charge >= 0.3 is 0 Å². The summed E-state index contributed by atoms with van der Waals surface area (Å²) >= 11 is 0. The normalized spacial score (nSPS) is 12.2. The molecule has 0 aliphatic carbocycles. The molecule has 0 radical (unpaired) electrons.